The number of nitrogens with zero attached hydrogens (tertiary/aromatic N) is 4. The van der Waals surface area contributed by atoms with E-state index in [2.05, 4.69) is 20.6 Å². The first-order valence-corrected chi connectivity index (χ1v) is 10.7. The Hall–Kier alpha value is -3.18. The SMILES string of the molecule is Cn1c(=O)c2c(c3cc(Nc4nc(N5CCOCC5)ncc4Cl)ccc31)NCC(F)(F)CO2. The van der Waals surface area contributed by atoms with E-state index in [1.165, 1.54) is 10.8 Å². The Balaban J connectivity index is 1.53. The number of rotatable bonds is 3. The first-order chi connectivity index (χ1) is 15.8. The molecule has 33 heavy (non-hydrogen) atoms. The molecule has 5 rings (SSSR count). The van der Waals surface area contributed by atoms with Crippen molar-refractivity contribution >= 4 is 45.6 Å². The van der Waals surface area contributed by atoms with Gasteiger partial charge < -0.3 is 29.6 Å². The van der Waals surface area contributed by atoms with Gasteiger partial charge in [-0.1, -0.05) is 11.6 Å². The van der Waals surface area contributed by atoms with Crippen LogP contribution in [-0.2, 0) is 11.8 Å². The molecule has 0 amide bonds. The van der Waals surface area contributed by atoms with Gasteiger partial charge in [0.2, 0.25) is 11.7 Å². The van der Waals surface area contributed by atoms with E-state index in [-0.39, 0.29) is 11.4 Å². The summed E-state index contributed by atoms with van der Waals surface area (Å²) in [7, 11) is 1.57. The third kappa shape index (κ3) is 4.13. The molecule has 0 radical (unpaired) electrons. The molecule has 0 unspecified atom stereocenters. The van der Waals surface area contributed by atoms with Gasteiger partial charge in [0.25, 0.3) is 11.5 Å². The van der Waals surface area contributed by atoms with Crippen molar-refractivity contribution in [3.63, 3.8) is 0 Å². The number of benzene rings is 1. The van der Waals surface area contributed by atoms with E-state index < -0.39 is 24.6 Å². The number of hydrogen-bond acceptors (Lipinski definition) is 8. The Bertz CT molecular complexity index is 1280. The van der Waals surface area contributed by atoms with Crippen LogP contribution in [0.2, 0.25) is 5.02 Å². The minimum atomic E-state index is -3.10. The summed E-state index contributed by atoms with van der Waals surface area (Å²) in [6, 6.07) is 5.22. The fraction of sp³-hybridized carbons (Fsp3) is 0.381. The first kappa shape index (κ1) is 21.7. The van der Waals surface area contributed by atoms with Crippen molar-refractivity contribution < 1.29 is 18.3 Å². The summed E-state index contributed by atoms with van der Waals surface area (Å²) in [5.74, 6) is -2.30. The maximum Gasteiger partial charge on any atom is 0.298 e. The van der Waals surface area contributed by atoms with Crippen molar-refractivity contribution in [1.82, 2.24) is 14.5 Å². The molecule has 9 nitrogen and oxygen atoms in total. The van der Waals surface area contributed by atoms with E-state index in [9.17, 15) is 13.6 Å². The Morgan fingerprint density at radius 2 is 2.06 bits per heavy atom. The lowest BCUT2D eigenvalue weighted by Gasteiger charge is -2.27. The van der Waals surface area contributed by atoms with Crippen LogP contribution in [0.5, 0.6) is 5.75 Å². The molecule has 1 fully saturated rings. The molecule has 0 saturated carbocycles. The largest absolute Gasteiger partial charge is 0.480 e. The van der Waals surface area contributed by atoms with Gasteiger partial charge in [0.1, 0.15) is 5.02 Å². The number of fused-ring (bicyclic) bond motifs is 3. The van der Waals surface area contributed by atoms with Crippen LogP contribution >= 0.6 is 11.6 Å². The van der Waals surface area contributed by atoms with Crippen molar-refractivity contribution in [2.24, 2.45) is 7.05 Å². The smallest absolute Gasteiger partial charge is 0.298 e. The summed E-state index contributed by atoms with van der Waals surface area (Å²) in [6.45, 7) is 1.03. The lowest BCUT2D eigenvalue weighted by molar-refractivity contribution is -0.0251. The Labute approximate surface area is 192 Å². The van der Waals surface area contributed by atoms with Crippen molar-refractivity contribution in [3.05, 3.63) is 39.8 Å². The molecule has 4 heterocycles. The second kappa shape index (κ2) is 8.31. The summed E-state index contributed by atoms with van der Waals surface area (Å²) in [5.41, 5.74) is 0.914. The summed E-state index contributed by atoms with van der Waals surface area (Å²) in [4.78, 5) is 23.5. The molecule has 12 heteroatoms. The van der Waals surface area contributed by atoms with Gasteiger partial charge in [-0.3, -0.25) is 4.79 Å². The highest BCUT2D eigenvalue weighted by atomic mass is 35.5. The molecule has 2 aromatic heterocycles. The number of pyridine rings is 1. The van der Waals surface area contributed by atoms with E-state index in [1.54, 1.807) is 25.2 Å². The monoisotopic (exact) mass is 478 g/mol. The molecule has 1 saturated heterocycles. The second-order valence-corrected chi connectivity index (χ2v) is 8.30. The van der Waals surface area contributed by atoms with Crippen LogP contribution in [0.1, 0.15) is 0 Å². The van der Waals surface area contributed by atoms with Crippen LogP contribution in [0.15, 0.2) is 29.2 Å². The Morgan fingerprint density at radius 1 is 1.27 bits per heavy atom. The average molecular weight is 479 g/mol. The van der Waals surface area contributed by atoms with Gasteiger partial charge in [-0.15, -0.1) is 0 Å². The van der Waals surface area contributed by atoms with E-state index in [0.717, 1.165) is 0 Å². The number of ether oxygens (including phenoxy) is 2. The van der Waals surface area contributed by atoms with Gasteiger partial charge in [0.05, 0.1) is 37.2 Å². The van der Waals surface area contributed by atoms with Gasteiger partial charge in [-0.05, 0) is 18.2 Å². The maximum absolute atomic E-state index is 13.9. The van der Waals surface area contributed by atoms with E-state index >= 15 is 0 Å². The molecule has 174 valence electrons. The number of aromatic nitrogens is 3. The van der Waals surface area contributed by atoms with Crippen LogP contribution < -0.4 is 25.8 Å². The zero-order valence-corrected chi connectivity index (χ0v) is 18.5. The zero-order valence-electron chi connectivity index (χ0n) is 17.7. The highest BCUT2D eigenvalue weighted by Gasteiger charge is 2.35. The zero-order chi connectivity index (χ0) is 23.2. The van der Waals surface area contributed by atoms with Crippen LogP contribution in [0.3, 0.4) is 0 Å². The highest BCUT2D eigenvalue weighted by molar-refractivity contribution is 6.32. The third-order valence-corrected chi connectivity index (χ3v) is 5.87. The highest BCUT2D eigenvalue weighted by Crippen LogP contribution is 2.36. The van der Waals surface area contributed by atoms with Crippen molar-refractivity contribution in [1.29, 1.82) is 0 Å². The minimum Gasteiger partial charge on any atom is -0.480 e. The third-order valence-electron chi connectivity index (χ3n) is 5.59. The molecule has 0 spiro atoms. The minimum absolute atomic E-state index is 0.131. The summed E-state index contributed by atoms with van der Waals surface area (Å²) in [6.07, 6.45) is 1.52. The van der Waals surface area contributed by atoms with Crippen molar-refractivity contribution in [2.45, 2.75) is 5.92 Å². The van der Waals surface area contributed by atoms with E-state index in [0.29, 0.717) is 59.7 Å². The molecule has 2 N–H and O–H groups in total. The Morgan fingerprint density at radius 3 is 2.85 bits per heavy atom. The number of aryl methyl sites for hydroxylation is 1. The quantitative estimate of drug-likeness (QED) is 0.593. The van der Waals surface area contributed by atoms with Gasteiger partial charge in [0, 0.05) is 31.2 Å². The maximum atomic E-state index is 13.9. The predicted molar refractivity (Wildman–Crippen MR) is 121 cm³/mol. The second-order valence-electron chi connectivity index (χ2n) is 7.89. The molecular formula is C21H21ClF2N6O3. The van der Waals surface area contributed by atoms with Crippen LogP contribution in [0.4, 0.5) is 31.9 Å². The topological polar surface area (TPSA) is 93.5 Å². The first-order valence-electron chi connectivity index (χ1n) is 10.4. The summed E-state index contributed by atoms with van der Waals surface area (Å²) >= 11 is 6.33. The standard InChI is InChI=1S/C21H21ClF2N6O3/c1-29-15-3-2-12(8-13(15)16-17(19(29)31)33-11-21(23,24)10-26-16)27-18-14(22)9-25-20(28-18)30-4-6-32-7-5-30/h2-3,8-9,26H,4-7,10-11H2,1H3,(H,25,27,28). The number of alkyl halides is 2. The lowest BCUT2D eigenvalue weighted by atomic mass is 10.1. The predicted octanol–water partition coefficient (Wildman–Crippen LogP) is 3.00. The number of morpholine rings is 1. The van der Waals surface area contributed by atoms with Crippen LogP contribution in [0, 0.1) is 0 Å². The molecular weight excluding hydrogens is 458 g/mol. The molecule has 2 aliphatic heterocycles. The molecule has 3 aromatic rings. The van der Waals surface area contributed by atoms with Crippen LogP contribution in [0.25, 0.3) is 10.9 Å². The van der Waals surface area contributed by atoms with Gasteiger partial charge >= 0.3 is 0 Å². The number of nitrogens with one attached hydrogen (secondary N) is 2. The Kier molecular flexibility index (Phi) is 5.45. The fourth-order valence-electron chi connectivity index (χ4n) is 3.85. The molecule has 1 aromatic carbocycles. The normalized spacial score (nSPS) is 17.6. The van der Waals surface area contributed by atoms with Gasteiger partial charge in [-0.25, -0.2) is 13.8 Å². The number of halogens is 3. The average Bonchev–Trinajstić information content (AvgIpc) is 2.98. The fourth-order valence-corrected chi connectivity index (χ4v) is 3.99. The van der Waals surface area contributed by atoms with Crippen molar-refractivity contribution in [3.8, 4) is 5.75 Å². The summed E-state index contributed by atoms with van der Waals surface area (Å²) in [5, 5.41) is 6.74. The molecule has 0 aliphatic carbocycles. The lowest BCUT2D eigenvalue weighted by Crippen LogP contribution is -2.37. The number of anilines is 4. The van der Waals surface area contributed by atoms with E-state index in [1.807, 2.05) is 4.90 Å². The summed E-state index contributed by atoms with van der Waals surface area (Å²) < 4.78 is 39.8. The van der Waals surface area contributed by atoms with Crippen molar-refractivity contribution in [2.75, 3.05) is 55.0 Å². The van der Waals surface area contributed by atoms with Crippen LogP contribution in [-0.4, -0.2) is 59.9 Å². The van der Waals surface area contributed by atoms with Gasteiger partial charge in [-0.2, -0.15) is 4.98 Å². The molecule has 0 bridgehead atoms. The molecule has 0 atom stereocenters. The number of hydrogen-bond donors (Lipinski definition) is 2. The van der Waals surface area contributed by atoms with E-state index in [4.69, 9.17) is 21.1 Å². The van der Waals surface area contributed by atoms with Gasteiger partial charge in [0.15, 0.2) is 12.4 Å². The molecule has 2 aliphatic rings.